The predicted octanol–water partition coefficient (Wildman–Crippen LogP) is 1.62. The van der Waals surface area contributed by atoms with E-state index in [0.717, 1.165) is 11.5 Å². The van der Waals surface area contributed by atoms with Gasteiger partial charge in [0.15, 0.2) is 5.78 Å². The van der Waals surface area contributed by atoms with Gasteiger partial charge < -0.3 is 4.98 Å². The van der Waals surface area contributed by atoms with Crippen molar-refractivity contribution >= 4 is 5.78 Å². The average Bonchev–Trinajstić information content (AvgIpc) is 2.28. The lowest BCUT2D eigenvalue weighted by Gasteiger charge is -1.90. The minimum Gasteiger partial charge on any atom is -0.346 e. The van der Waals surface area contributed by atoms with Gasteiger partial charge in [0.25, 0.3) is 0 Å². The van der Waals surface area contributed by atoms with Gasteiger partial charge in [0.2, 0.25) is 0 Å². The van der Waals surface area contributed by atoms with Gasteiger partial charge in [-0.05, 0) is 13.8 Å². The normalized spacial score (nSPS) is 10.1. The predicted molar refractivity (Wildman–Crippen MR) is 42.7 cm³/mol. The van der Waals surface area contributed by atoms with Crippen molar-refractivity contribution in [3.63, 3.8) is 0 Å². The number of carbonyl (C=O) groups is 1. The van der Waals surface area contributed by atoms with E-state index in [2.05, 4.69) is 9.97 Å². The summed E-state index contributed by atoms with van der Waals surface area (Å²) in [6.45, 7) is 5.55. The van der Waals surface area contributed by atoms with Crippen molar-refractivity contribution < 1.29 is 4.79 Å². The van der Waals surface area contributed by atoms with E-state index in [4.69, 9.17) is 0 Å². The maximum atomic E-state index is 11.2. The van der Waals surface area contributed by atoms with Crippen LogP contribution in [-0.4, -0.2) is 15.8 Å². The molecule has 1 aromatic heterocycles. The maximum absolute atomic E-state index is 11.2. The molecule has 60 valence electrons. The van der Waals surface area contributed by atoms with Crippen LogP contribution >= 0.6 is 0 Å². The highest BCUT2D eigenvalue weighted by Crippen LogP contribution is 2.06. The summed E-state index contributed by atoms with van der Waals surface area (Å²) < 4.78 is 0. The number of ketones is 1. The topological polar surface area (TPSA) is 45.8 Å². The zero-order valence-electron chi connectivity index (χ0n) is 7.06. The second kappa shape index (κ2) is 2.86. The molecule has 0 aliphatic carbocycles. The van der Waals surface area contributed by atoms with Crippen molar-refractivity contribution in [1.29, 1.82) is 0 Å². The van der Waals surface area contributed by atoms with Gasteiger partial charge in [-0.15, -0.1) is 0 Å². The fourth-order valence-corrected chi connectivity index (χ4v) is 1.05. The van der Waals surface area contributed by atoms with Gasteiger partial charge in [0.05, 0.1) is 0 Å². The van der Waals surface area contributed by atoms with Gasteiger partial charge in [-0.25, -0.2) is 4.98 Å². The molecule has 0 unspecified atom stereocenters. The van der Waals surface area contributed by atoms with E-state index in [9.17, 15) is 4.79 Å². The third-order valence-corrected chi connectivity index (χ3v) is 1.59. The molecule has 3 heteroatoms. The second-order valence-electron chi connectivity index (χ2n) is 2.57. The highest BCUT2D eigenvalue weighted by atomic mass is 16.1. The number of carbonyl (C=O) groups excluding carboxylic acids is 1. The first kappa shape index (κ1) is 7.98. The number of aryl methyl sites for hydroxylation is 2. The van der Waals surface area contributed by atoms with E-state index in [1.807, 2.05) is 20.8 Å². The lowest BCUT2D eigenvalue weighted by molar-refractivity contribution is 0.0983. The molecule has 11 heavy (non-hydrogen) atoms. The van der Waals surface area contributed by atoms with Crippen LogP contribution < -0.4 is 0 Å². The van der Waals surface area contributed by atoms with Crippen molar-refractivity contribution in [2.45, 2.75) is 27.2 Å². The Morgan fingerprint density at radius 3 is 2.55 bits per heavy atom. The van der Waals surface area contributed by atoms with Crippen LogP contribution in [0.25, 0.3) is 0 Å². The summed E-state index contributed by atoms with van der Waals surface area (Å²) in [5, 5.41) is 0. The van der Waals surface area contributed by atoms with Gasteiger partial charge in [-0.3, -0.25) is 4.79 Å². The molecule has 0 atom stereocenters. The molecule has 1 rings (SSSR count). The number of hydrogen-bond acceptors (Lipinski definition) is 2. The Morgan fingerprint density at radius 1 is 1.55 bits per heavy atom. The Hall–Kier alpha value is -1.12. The monoisotopic (exact) mass is 152 g/mol. The zero-order valence-corrected chi connectivity index (χ0v) is 7.06. The zero-order chi connectivity index (χ0) is 8.43. The summed E-state index contributed by atoms with van der Waals surface area (Å²) in [5.41, 5.74) is 1.46. The largest absolute Gasteiger partial charge is 0.346 e. The molecule has 0 aliphatic heterocycles. The van der Waals surface area contributed by atoms with Crippen LogP contribution in [0.1, 0.15) is 35.4 Å². The molecule has 0 aliphatic rings. The molecular weight excluding hydrogens is 140 g/mol. The first-order valence-electron chi connectivity index (χ1n) is 3.71. The summed E-state index contributed by atoms with van der Waals surface area (Å²) in [7, 11) is 0. The quantitative estimate of drug-likeness (QED) is 0.654. The summed E-state index contributed by atoms with van der Waals surface area (Å²) in [5.74, 6) is 0.908. The standard InChI is InChI=1S/C8H12N2O/c1-4-7(11)8-5(2)9-6(3)10-8/h4H2,1-3H3,(H,9,10). The van der Waals surface area contributed by atoms with Gasteiger partial charge >= 0.3 is 0 Å². The Bertz CT molecular complexity index is 276. The SMILES string of the molecule is CCC(=O)c1nc(C)[nH]c1C. The number of imidazole rings is 1. The van der Waals surface area contributed by atoms with Crippen LogP contribution in [0.2, 0.25) is 0 Å². The molecule has 0 fully saturated rings. The number of aromatic nitrogens is 2. The molecule has 0 radical (unpaired) electrons. The molecule has 1 aromatic rings. The highest BCUT2D eigenvalue weighted by molar-refractivity contribution is 5.95. The van der Waals surface area contributed by atoms with Crippen molar-refractivity contribution in [2.75, 3.05) is 0 Å². The van der Waals surface area contributed by atoms with Crippen molar-refractivity contribution in [1.82, 2.24) is 9.97 Å². The Morgan fingerprint density at radius 2 is 2.18 bits per heavy atom. The third kappa shape index (κ3) is 1.48. The summed E-state index contributed by atoms with van der Waals surface area (Å²) in [6, 6.07) is 0. The Kier molecular flexibility index (Phi) is 2.08. The van der Waals surface area contributed by atoms with Gasteiger partial charge in [0.1, 0.15) is 11.5 Å². The molecular formula is C8H12N2O. The Balaban J connectivity index is 3.03. The smallest absolute Gasteiger partial charge is 0.182 e. The van der Waals surface area contributed by atoms with Crippen LogP contribution in [0.4, 0.5) is 0 Å². The molecule has 3 nitrogen and oxygen atoms in total. The second-order valence-corrected chi connectivity index (χ2v) is 2.57. The number of hydrogen-bond donors (Lipinski definition) is 1. The molecule has 0 saturated heterocycles. The number of Topliss-reactive ketones (excluding diaryl/α,β-unsaturated/α-hetero) is 1. The molecule has 0 amide bonds. The number of nitrogens with one attached hydrogen (secondary N) is 1. The maximum Gasteiger partial charge on any atom is 0.182 e. The van der Waals surface area contributed by atoms with Crippen molar-refractivity contribution in [3.8, 4) is 0 Å². The van der Waals surface area contributed by atoms with E-state index in [0.29, 0.717) is 12.1 Å². The van der Waals surface area contributed by atoms with E-state index in [1.54, 1.807) is 0 Å². The first-order chi connectivity index (χ1) is 5.15. The Labute approximate surface area is 65.8 Å². The number of H-pyrrole nitrogens is 1. The van der Waals surface area contributed by atoms with E-state index in [-0.39, 0.29) is 5.78 Å². The van der Waals surface area contributed by atoms with Gasteiger partial charge in [-0.1, -0.05) is 6.92 Å². The lowest BCUT2D eigenvalue weighted by atomic mass is 10.2. The van der Waals surface area contributed by atoms with Gasteiger partial charge in [0, 0.05) is 12.1 Å². The number of nitrogens with zero attached hydrogens (tertiary/aromatic N) is 1. The van der Waals surface area contributed by atoms with Crippen LogP contribution in [-0.2, 0) is 0 Å². The minimum atomic E-state index is 0.104. The van der Waals surface area contributed by atoms with Crippen LogP contribution in [0.3, 0.4) is 0 Å². The van der Waals surface area contributed by atoms with E-state index in [1.165, 1.54) is 0 Å². The number of aromatic amines is 1. The van der Waals surface area contributed by atoms with E-state index < -0.39 is 0 Å². The number of rotatable bonds is 2. The molecule has 0 aromatic carbocycles. The van der Waals surface area contributed by atoms with Crippen LogP contribution in [0.15, 0.2) is 0 Å². The van der Waals surface area contributed by atoms with Crippen molar-refractivity contribution in [2.24, 2.45) is 0 Å². The summed E-state index contributed by atoms with van der Waals surface area (Å²) in [6.07, 6.45) is 0.519. The van der Waals surface area contributed by atoms with Gasteiger partial charge in [-0.2, -0.15) is 0 Å². The molecule has 1 heterocycles. The van der Waals surface area contributed by atoms with E-state index >= 15 is 0 Å². The first-order valence-corrected chi connectivity index (χ1v) is 3.71. The molecule has 1 N–H and O–H groups in total. The minimum absolute atomic E-state index is 0.104. The average molecular weight is 152 g/mol. The third-order valence-electron chi connectivity index (χ3n) is 1.59. The summed E-state index contributed by atoms with van der Waals surface area (Å²) in [4.78, 5) is 18.2. The molecule has 0 bridgehead atoms. The fourth-order valence-electron chi connectivity index (χ4n) is 1.05. The molecule has 0 saturated carbocycles. The fraction of sp³-hybridized carbons (Fsp3) is 0.500. The summed E-state index contributed by atoms with van der Waals surface area (Å²) >= 11 is 0. The highest BCUT2D eigenvalue weighted by Gasteiger charge is 2.10. The lowest BCUT2D eigenvalue weighted by Crippen LogP contribution is -1.98. The van der Waals surface area contributed by atoms with Crippen LogP contribution in [0.5, 0.6) is 0 Å². The van der Waals surface area contributed by atoms with Crippen molar-refractivity contribution in [3.05, 3.63) is 17.2 Å². The van der Waals surface area contributed by atoms with Crippen LogP contribution in [0, 0.1) is 13.8 Å². The molecule has 0 spiro atoms.